The number of urea groups is 1. The predicted octanol–water partition coefficient (Wildman–Crippen LogP) is 3.81. The number of amides is 2. The normalized spacial score (nSPS) is 13.7. The summed E-state index contributed by atoms with van der Waals surface area (Å²) in [5, 5.41) is 3.03. The van der Waals surface area contributed by atoms with Gasteiger partial charge >= 0.3 is 6.03 Å². The molecule has 1 aromatic rings. The lowest BCUT2D eigenvalue weighted by molar-refractivity contribution is 0.195. The Morgan fingerprint density at radius 3 is 2.55 bits per heavy atom. The van der Waals surface area contributed by atoms with Crippen LogP contribution < -0.4 is 10.1 Å². The van der Waals surface area contributed by atoms with E-state index in [-0.39, 0.29) is 6.03 Å². The van der Waals surface area contributed by atoms with Crippen LogP contribution >= 0.6 is 0 Å². The third-order valence-electron chi connectivity index (χ3n) is 3.80. The van der Waals surface area contributed by atoms with Gasteiger partial charge in [0.1, 0.15) is 5.75 Å². The fraction of sp³-hybridized carbons (Fsp3) is 0.611. The van der Waals surface area contributed by atoms with E-state index >= 15 is 0 Å². The van der Waals surface area contributed by atoms with Gasteiger partial charge in [-0.15, -0.1) is 0 Å². The minimum atomic E-state index is 0.0556. The van der Waals surface area contributed by atoms with Crippen molar-refractivity contribution in [1.29, 1.82) is 0 Å². The SMILES string of the molecule is CCCOc1ccc(CNC(=O)N(CCC)CC2CC2)cc1. The van der Waals surface area contributed by atoms with Gasteiger partial charge in [0.25, 0.3) is 0 Å². The second-order valence-electron chi connectivity index (χ2n) is 6.04. The van der Waals surface area contributed by atoms with Crippen LogP contribution in [0.3, 0.4) is 0 Å². The minimum absolute atomic E-state index is 0.0556. The van der Waals surface area contributed by atoms with Gasteiger partial charge in [0.15, 0.2) is 0 Å². The predicted molar refractivity (Wildman–Crippen MR) is 89.1 cm³/mol. The van der Waals surface area contributed by atoms with Crippen LogP contribution in [0.15, 0.2) is 24.3 Å². The van der Waals surface area contributed by atoms with Gasteiger partial charge in [-0.05, 0) is 49.3 Å². The molecule has 0 unspecified atom stereocenters. The number of nitrogens with one attached hydrogen (secondary N) is 1. The first-order valence-corrected chi connectivity index (χ1v) is 8.47. The quantitative estimate of drug-likeness (QED) is 0.754. The van der Waals surface area contributed by atoms with Crippen molar-refractivity contribution >= 4 is 6.03 Å². The van der Waals surface area contributed by atoms with Crippen LogP contribution in [0, 0.1) is 5.92 Å². The maximum Gasteiger partial charge on any atom is 0.317 e. The lowest BCUT2D eigenvalue weighted by atomic mass is 10.2. The number of hydrogen-bond acceptors (Lipinski definition) is 2. The highest BCUT2D eigenvalue weighted by molar-refractivity contribution is 5.74. The fourth-order valence-corrected chi connectivity index (χ4v) is 2.37. The highest BCUT2D eigenvalue weighted by Gasteiger charge is 2.26. The molecule has 0 radical (unpaired) electrons. The second kappa shape index (κ2) is 8.66. The molecule has 0 aromatic heterocycles. The zero-order chi connectivity index (χ0) is 15.8. The molecule has 0 heterocycles. The first kappa shape index (κ1) is 16.7. The standard InChI is InChI=1S/C18H28N2O2/c1-3-11-20(14-16-5-6-16)18(21)19-13-15-7-9-17(10-8-15)22-12-4-2/h7-10,16H,3-6,11-14H2,1-2H3,(H,19,21). The van der Waals surface area contributed by atoms with Crippen molar-refractivity contribution in [3.05, 3.63) is 29.8 Å². The molecule has 1 aliphatic carbocycles. The summed E-state index contributed by atoms with van der Waals surface area (Å²) in [6, 6.07) is 8.00. The molecule has 0 aliphatic heterocycles. The van der Waals surface area contributed by atoms with Gasteiger partial charge < -0.3 is 15.0 Å². The number of rotatable bonds is 9. The lowest BCUT2D eigenvalue weighted by Crippen LogP contribution is -2.41. The van der Waals surface area contributed by atoms with Gasteiger partial charge in [0, 0.05) is 19.6 Å². The van der Waals surface area contributed by atoms with Crippen molar-refractivity contribution in [2.75, 3.05) is 19.7 Å². The van der Waals surface area contributed by atoms with Gasteiger partial charge in [-0.1, -0.05) is 26.0 Å². The zero-order valence-corrected chi connectivity index (χ0v) is 13.8. The Morgan fingerprint density at radius 2 is 1.95 bits per heavy atom. The summed E-state index contributed by atoms with van der Waals surface area (Å²) in [6.45, 7) is 7.26. The Balaban J connectivity index is 1.78. The summed E-state index contributed by atoms with van der Waals surface area (Å²) in [7, 11) is 0. The molecule has 0 saturated heterocycles. The zero-order valence-electron chi connectivity index (χ0n) is 13.8. The Kier molecular flexibility index (Phi) is 6.56. The molecule has 2 amide bonds. The molecule has 0 spiro atoms. The summed E-state index contributed by atoms with van der Waals surface area (Å²) in [5.74, 6) is 1.62. The third kappa shape index (κ3) is 5.58. The van der Waals surface area contributed by atoms with Crippen LogP contribution in [0.2, 0.25) is 0 Å². The molecule has 1 fully saturated rings. The highest BCUT2D eigenvalue weighted by atomic mass is 16.5. The number of benzene rings is 1. The van der Waals surface area contributed by atoms with E-state index in [4.69, 9.17) is 4.74 Å². The molecule has 4 nitrogen and oxygen atoms in total. The summed E-state index contributed by atoms with van der Waals surface area (Å²) < 4.78 is 5.56. The third-order valence-corrected chi connectivity index (χ3v) is 3.80. The van der Waals surface area contributed by atoms with E-state index in [1.54, 1.807) is 0 Å². The van der Waals surface area contributed by atoms with Gasteiger partial charge in [0.2, 0.25) is 0 Å². The van der Waals surface area contributed by atoms with Gasteiger partial charge in [-0.2, -0.15) is 0 Å². The summed E-state index contributed by atoms with van der Waals surface area (Å²) in [5.41, 5.74) is 1.10. The fourth-order valence-electron chi connectivity index (χ4n) is 2.37. The highest BCUT2D eigenvalue weighted by Crippen LogP contribution is 2.29. The molecule has 22 heavy (non-hydrogen) atoms. The van der Waals surface area contributed by atoms with Gasteiger partial charge in [-0.25, -0.2) is 4.79 Å². The summed E-state index contributed by atoms with van der Waals surface area (Å²) in [6.07, 6.45) is 4.55. The molecule has 4 heteroatoms. The van der Waals surface area contributed by atoms with Crippen LogP contribution in [0.1, 0.15) is 45.1 Å². The van der Waals surface area contributed by atoms with E-state index in [9.17, 15) is 4.79 Å². The number of carbonyl (C=O) groups excluding carboxylic acids is 1. The molecule has 1 aliphatic rings. The van der Waals surface area contributed by atoms with Crippen LogP contribution in [0.5, 0.6) is 5.75 Å². The van der Waals surface area contributed by atoms with E-state index in [1.807, 2.05) is 29.2 Å². The van der Waals surface area contributed by atoms with Crippen molar-refractivity contribution in [2.45, 2.75) is 46.1 Å². The van der Waals surface area contributed by atoms with Crippen LogP contribution in [0.4, 0.5) is 4.79 Å². The number of nitrogens with zero attached hydrogens (tertiary/aromatic N) is 1. The van der Waals surface area contributed by atoms with E-state index < -0.39 is 0 Å². The Bertz CT molecular complexity index is 455. The molecule has 0 atom stereocenters. The van der Waals surface area contributed by atoms with E-state index in [2.05, 4.69) is 19.2 Å². The number of carbonyl (C=O) groups is 1. The van der Waals surface area contributed by atoms with Crippen LogP contribution in [-0.4, -0.2) is 30.6 Å². The average Bonchev–Trinajstić information content (AvgIpc) is 3.35. The average molecular weight is 304 g/mol. The smallest absolute Gasteiger partial charge is 0.317 e. The maximum absolute atomic E-state index is 12.3. The Labute approximate surface area is 133 Å². The van der Waals surface area contributed by atoms with Crippen molar-refractivity contribution in [3.8, 4) is 5.75 Å². The van der Waals surface area contributed by atoms with Crippen molar-refractivity contribution in [2.24, 2.45) is 5.92 Å². The van der Waals surface area contributed by atoms with Gasteiger partial charge in [-0.3, -0.25) is 0 Å². The summed E-state index contributed by atoms with van der Waals surface area (Å²) >= 11 is 0. The largest absolute Gasteiger partial charge is 0.494 e. The van der Waals surface area contributed by atoms with Crippen LogP contribution in [-0.2, 0) is 6.54 Å². The molecule has 122 valence electrons. The second-order valence-corrected chi connectivity index (χ2v) is 6.04. The molecule has 1 aromatic carbocycles. The first-order valence-electron chi connectivity index (χ1n) is 8.47. The van der Waals surface area contributed by atoms with Crippen molar-refractivity contribution in [1.82, 2.24) is 10.2 Å². The topological polar surface area (TPSA) is 41.6 Å². The monoisotopic (exact) mass is 304 g/mol. The molecule has 1 N–H and O–H groups in total. The molecular weight excluding hydrogens is 276 g/mol. The number of ether oxygens (including phenoxy) is 1. The van der Waals surface area contributed by atoms with Crippen molar-refractivity contribution < 1.29 is 9.53 Å². The molecule has 1 saturated carbocycles. The van der Waals surface area contributed by atoms with Crippen molar-refractivity contribution in [3.63, 3.8) is 0 Å². The van der Waals surface area contributed by atoms with E-state index in [0.29, 0.717) is 6.54 Å². The molecule has 0 bridgehead atoms. The summed E-state index contributed by atoms with van der Waals surface area (Å²) in [4.78, 5) is 14.2. The van der Waals surface area contributed by atoms with E-state index in [0.717, 1.165) is 49.8 Å². The number of hydrogen-bond donors (Lipinski definition) is 1. The van der Waals surface area contributed by atoms with Gasteiger partial charge in [0.05, 0.1) is 6.61 Å². The van der Waals surface area contributed by atoms with Crippen LogP contribution in [0.25, 0.3) is 0 Å². The lowest BCUT2D eigenvalue weighted by Gasteiger charge is -2.22. The Hall–Kier alpha value is -1.71. The van der Waals surface area contributed by atoms with E-state index in [1.165, 1.54) is 12.8 Å². The maximum atomic E-state index is 12.3. The molecular formula is C18H28N2O2. The minimum Gasteiger partial charge on any atom is -0.494 e. The molecule has 2 rings (SSSR count). The Morgan fingerprint density at radius 1 is 1.23 bits per heavy atom. The first-order chi connectivity index (χ1) is 10.7.